The van der Waals surface area contributed by atoms with E-state index in [0.717, 1.165) is 10.6 Å². The lowest BCUT2D eigenvalue weighted by molar-refractivity contribution is 0.0984. The minimum absolute atomic E-state index is 0.192. The van der Waals surface area contributed by atoms with E-state index in [9.17, 15) is 13.2 Å². The highest BCUT2D eigenvalue weighted by Crippen LogP contribution is 2.30. The Kier molecular flexibility index (Phi) is 4.35. The van der Waals surface area contributed by atoms with Crippen LogP contribution in [0.15, 0.2) is 24.3 Å². The van der Waals surface area contributed by atoms with Crippen molar-refractivity contribution in [2.45, 2.75) is 33.1 Å². The molecule has 3 rings (SSSR count). The fraction of sp³-hybridized carbons (Fsp3) is 0.375. The smallest absolute Gasteiger partial charge is 0.267 e. The van der Waals surface area contributed by atoms with E-state index in [1.54, 1.807) is 19.1 Å². The normalized spacial score (nSPS) is 14.1. The lowest BCUT2D eigenvalue weighted by Gasteiger charge is -2.19. The first-order valence-corrected chi connectivity index (χ1v) is 9.95. The monoisotopic (exact) mass is 365 g/mol. The molecule has 1 aliphatic heterocycles. The van der Waals surface area contributed by atoms with Gasteiger partial charge in [-0.15, -0.1) is 11.3 Å². The molecule has 0 radical (unpaired) electrons. The average Bonchev–Trinajstić information content (AvgIpc) is 3.10. The molecule has 0 spiro atoms. The number of aromatic nitrogens is 1. The molecule has 0 saturated carbocycles. The van der Waals surface area contributed by atoms with Crippen molar-refractivity contribution in [3.63, 3.8) is 0 Å². The highest BCUT2D eigenvalue weighted by Gasteiger charge is 2.31. The van der Waals surface area contributed by atoms with Crippen LogP contribution >= 0.6 is 11.3 Å². The Hall–Kier alpha value is -1.93. The molecule has 8 heteroatoms. The molecule has 0 bridgehead atoms. The van der Waals surface area contributed by atoms with E-state index in [-0.39, 0.29) is 5.92 Å². The Morgan fingerprint density at radius 1 is 1.33 bits per heavy atom. The van der Waals surface area contributed by atoms with Crippen LogP contribution in [-0.4, -0.2) is 25.9 Å². The predicted octanol–water partition coefficient (Wildman–Crippen LogP) is 2.61. The SMILES string of the molecule is Cc1nc(C(C)C)sc1C(=O)NS(=O)(=O)N1CCc2ccccc21. The van der Waals surface area contributed by atoms with Crippen LogP contribution in [0.5, 0.6) is 0 Å². The average molecular weight is 365 g/mol. The molecule has 6 nitrogen and oxygen atoms in total. The minimum atomic E-state index is -3.94. The highest BCUT2D eigenvalue weighted by molar-refractivity contribution is 7.91. The summed E-state index contributed by atoms with van der Waals surface area (Å²) in [6, 6.07) is 7.31. The molecule has 2 heterocycles. The van der Waals surface area contributed by atoms with E-state index >= 15 is 0 Å². The summed E-state index contributed by atoms with van der Waals surface area (Å²) in [6.07, 6.45) is 0.641. The van der Waals surface area contributed by atoms with E-state index in [1.165, 1.54) is 15.6 Å². The Morgan fingerprint density at radius 3 is 2.71 bits per heavy atom. The van der Waals surface area contributed by atoms with Gasteiger partial charge in [0.25, 0.3) is 5.91 Å². The number of para-hydroxylation sites is 1. The van der Waals surface area contributed by atoms with Gasteiger partial charge in [0.2, 0.25) is 0 Å². The van der Waals surface area contributed by atoms with Gasteiger partial charge in [0, 0.05) is 12.5 Å². The number of rotatable bonds is 4. The molecule has 0 saturated heterocycles. The topological polar surface area (TPSA) is 79.4 Å². The molecule has 0 atom stereocenters. The number of anilines is 1. The standard InChI is InChI=1S/C16H19N3O3S2/c1-10(2)16-17-11(3)14(23-16)15(20)18-24(21,22)19-9-8-12-6-4-5-7-13(12)19/h4-7,10H,8-9H2,1-3H3,(H,18,20). The van der Waals surface area contributed by atoms with Gasteiger partial charge in [-0.3, -0.25) is 9.10 Å². The number of aryl methyl sites for hydroxylation is 1. The molecule has 1 amide bonds. The van der Waals surface area contributed by atoms with Gasteiger partial charge in [-0.2, -0.15) is 8.42 Å². The maximum Gasteiger partial charge on any atom is 0.326 e. The molecular formula is C16H19N3O3S2. The number of nitrogens with zero attached hydrogens (tertiary/aromatic N) is 2. The zero-order valence-electron chi connectivity index (χ0n) is 13.7. The summed E-state index contributed by atoms with van der Waals surface area (Å²) in [7, 11) is -3.94. The van der Waals surface area contributed by atoms with Gasteiger partial charge < -0.3 is 0 Å². The number of nitrogens with one attached hydrogen (secondary N) is 1. The number of carbonyl (C=O) groups excluding carboxylic acids is 1. The molecule has 1 aromatic carbocycles. The van der Waals surface area contributed by atoms with Crippen molar-refractivity contribution >= 4 is 33.1 Å². The third kappa shape index (κ3) is 3.03. The molecule has 24 heavy (non-hydrogen) atoms. The number of fused-ring (bicyclic) bond motifs is 1. The zero-order valence-corrected chi connectivity index (χ0v) is 15.4. The first-order valence-electron chi connectivity index (χ1n) is 7.69. The van der Waals surface area contributed by atoms with Crippen molar-refractivity contribution in [2.75, 3.05) is 10.8 Å². The van der Waals surface area contributed by atoms with Crippen LogP contribution in [0.3, 0.4) is 0 Å². The number of thiazole rings is 1. The summed E-state index contributed by atoms with van der Waals surface area (Å²) >= 11 is 1.24. The number of hydrogen-bond donors (Lipinski definition) is 1. The summed E-state index contributed by atoms with van der Waals surface area (Å²) < 4.78 is 28.6. The molecule has 0 aliphatic carbocycles. The van der Waals surface area contributed by atoms with E-state index in [0.29, 0.717) is 29.2 Å². The number of carbonyl (C=O) groups is 1. The fourth-order valence-electron chi connectivity index (χ4n) is 2.65. The van der Waals surface area contributed by atoms with E-state index in [4.69, 9.17) is 0 Å². The third-order valence-corrected chi connectivity index (χ3v) is 6.73. The van der Waals surface area contributed by atoms with Gasteiger partial charge in [0.05, 0.1) is 16.4 Å². The third-order valence-electron chi connectivity index (χ3n) is 3.87. The van der Waals surface area contributed by atoms with Crippen LogP contribution in [-0.2, 0) is 16.6 Å². The summed E-state index contributed by atoms with van der Waals surface area (Å²) in [6.45, 7) is 6.02. The van der Waals surface area contributed by atoms with E-state index in [2.05, 4.69) is 9.71 Å². The van der Waals surface area contributed by atoms with Crippen molar-refractivity contribution in [3.05, 3.63) is 45.4 Å². The second-order valence-corrected chi connectivity index (χ2v) is 8.63. The second kappa shape index (κ2) is 6.18. The van der Waals surface area contributed by atoms with Crippen LogP contribution in [0.25, 0.3) is 0 Å². The van der Waals surface area contributed by atoms with Gasteiger partial charge in [-0.1, -0.05) is 32.0 Å². The van der Waals surface area contributed by atoms with Crippen LogP contribution in [0.2, 0.25) is 0 Å². The molecule has 0 fully saturated rings. The number of amides is 1. The molecule has 1 aromatic heterocycles. The zero-order chi connectivity index (χ0) is 17.5. The number of hydrogen-bond acceptors (Lipinski definition) is 5. The Bertz CT molecular complexity index is 888. The van der Waals surface area contributed by atoms with Crippen molar-refractivity contribution in [1.29, 1.82) is 0 Å². The quantitative estimate of drug-likeness (QED) is 0.903. The molecule has 2 aromatic rings. The maximum absolute atomic E-state index is 12.6. The Morgan fingerprint density at radius 2 is 2.04 bits per heavy atom. The first kappa shape index (κ1) is 16.9. The molecule has 128 valence electrons. The lowest BCUT2D eigenvalue weighted by atomic mass is 10.2. The van der Waals surface area contributed by atoms with Crippen molar-refractivity contribution in [1.82, 2.24) is 9.71 Å². The van der Waals surface area contributed by atoms with Gasteiger partial charge in [-0.25, -0.2) is 9.71 Å². The minimum Gasteiger partial charge on any atom is -0.267 e. The van der Waals surface area contributed by atoms with Crippen LogP contribution < -0.4 is 9.03 Å². The molecular weight excluding hydrogens is 346 g/mol. The fourth-order valence-corrected chi connectivity index (χ4v) is 4.90. The predicted molar refractivity (Wildman–Crippen MR) is 94.8 cm³/mol. The summed E-state index contributed by atoms with van der Waals surface area (Å²) in [5.41, 5.74) is 2.14. The van der Waals surface area contributed by atoms with Crippen LogP contribution in [0.1, 0.15) is 45.7 Å². The molecule has 0 unspecified atom stereocenters. The van der Waals surface area contributed by atoms with Crippen LogP contribution in [0.4, 0.5) is 5.69 Å². The van der Waals surface area contributed by atoms with Gasteiger partial charge in [-0.05, 0) is 25.0 Å². The summed E-state index contributed by atoms with van der Waals surface area (Å²) in [5, 5.41) is 0.821. The second-order valence-electron chi connectivity index (χ2n) is 6.01. The van der Waals surface area contributed by atoms with Crippen molar-refractivity contribution in [2.24, 2.45) is 0 Å². The van der Waals surface area contributed by atoms with E-state index < -0.39 is 16.1 Å². The molecule has 1 aliphatic rings. The largest absolute Gasteiger partial charge is 0.326 e. The Balaban J connectivity index is 1.84. The van der Waals surface area contributed by atoms with Crippen molar-refractivity contribution < 1.29 is 13.2 Å². The number of benzene rings is 1. The van der Waals surface area contributed by atoms with Crippen molar-refractivity contribution in [3.8, 4) is 0 Å². The maximum atomic E-state index is 12.6. The van der Waals surface area contributed by atoms with Gasteiger partial charge in [0.1, 0.15) is 4.88 Å². The lowest BCUT2D eigenvalue weighted by Crippen LogP contribution is -2.42. The highest BCUT2D eigenvalue weighted by atomic mass is 32.2. The van der Waals surface area contributed by atoms with Crippen LogP contribution in [0, 0.1) is 6.92 Å². The molecule has 1 N–H and O–H groups in total. The van der Waals surface area contributed by atoms with E-state index in [1.807, 2.05) is 26.0 Å². The summed E-state index contributed by atoms with van der Waals surface area (Å²) in [4.78, 5) is 17.1. The van der Waals surface area contributed by atoms with Gasteiger partial charge in [0.15, 0.2) is 0 Å². The van der Waals surface area contributed by atoms with Gasteiger partial charge >= 0.3 is 10.2 Å². The first-order chi connectivity index (χ1) is 11.3. The Labute approximate surface area is 145 Å². The summed E-state index contributed by atoms with van der Waals surface area (Å²) in [5.74, 6) is -0.432.